The molecule has 1 amide bonds. The topological polar surface area (TPSA) is 70.8 Å². The van der Waals surface area contributed by atoms with Crippen molar-refractivity contribution in [1.82, 2.24) is 15.4 Å². The van der Waals surface area contributed by atoms with Crippen molar-refractivity contribution in [1.29, 1.82) is 0 Å². The van der Waals surface area contributed by atoms with Gasteiger partial charge in [0.05, 0.1) is 7.11 Å². The summed E-state index contributed by atoms with van der Waals surface area (Å²) in [6.07, 6.45) is 1.75. The van der Waals surface area contributed by atoms with E-state index in [-0.39, 0.29) is 5.91 Å². The molecule has 31 heavy (non-hydrogen) atoms. The van der Waals surface area contributed by atoms with Crippen molar-refractivity contribution in [3.63, 3.8) is 0 Å². The van der Waals surface area contributed by atoms with Gasteiger partial charge >= 0.3 is 0 Å². The lowest BCUT2D eigenvalue weighted by Gasteiger charge is -2.36. The van der Waals surface area contributed by atoms with E-state index in [4.69, 9.17) is 9.26 Å². The summed E-state index contributed by atoms with van der Waals surface area (Å²) in [6, 6.07) is 10.3. The molecule has 8 heteroatoms. The third-order valence-electron chi connectivity index (χ3n) is 6.12. The average molecular weight is 439 g/mol. The van der Waals surface area contributed by atoms with E-state index in [0.717, 1.165) is 68.2 Å². The van der Waals surface area contributed by atoms with Crippen molar-refractivity contribution in [3.8, 4) is 17.1 Å². The number of ether oxygens (including phenoxy) is 1. The molecule has 0 spiro atoms. The van der Waals surface area contributed by atoms with Crippen LogP contribution in [0.3, 0.4) is 0 Å². The quantitative estimate of drug-likeness (QED) is 0.638. The van der Waals surface area contributed by atoms with E-state index < -0.39 is 0 Å². The molecule has 0 saturated carbocycles. The van der Waals surface area contributed by atoms with E-state index in [1.54, 1.807) is 18.4 Å². The summed E-state index contributed by atoms with van der Waals surface area (Å²) >= 11 is 1.73. The highest BCUT2D eigenvalue weighted by Crippen LogP contribution is 2.38. The Kier molecular flexibility index (Phi) is 5.65. The molecule has 0 radical (unpaired) electrons. The van der Waals surface area contributed by atoms with Crippen LogP contribution in [0.5, 0.6) is 5.75 Å². The Morgan fingerprint density at radius 3 is 2.74 bits per heavy atom. The van der Waals surface area contributed by atoms with Crippen LogP contribution in [0.1, 0.15) is 20.9 Å². The molecule has 0 bridgehead atoms. The van der Waals surface area contributed by atoms with Gasteiger partial charge in [0.25, 0.3) is 5.91 Å². The van der Waals surface area contributed by atoms with E-state index >= 15 is 0 Å². The molecule has 2 aromatic heterocycles. The van der Waals surface area contributed by atoms with Gasteiger partial charge < -0.3 is 19.5 Å². The van der Waals surface area contributed by atoms with Crippen LogP contribution in [0.4, 0.5) is 5.69 Å². The fourth-order valence-electron chi connectivity index (χ4n) is 4.34. The van der Waals surface area contributed by atoms with E-state index in [1.807, 2.05) is 12.1 Å². The minimum atomic E-state index is -0.138. The van der Waals surface area contributed by atoms with Crippen LogP contribution in [0, 0.1) is 0 Å². The first kappa shape index (κ1) is 20.1. The number of carbonyl (C=O) groups is 1. The molecule has 5 rings (SSSR count). The minimum Gasteiger partial charge on any atom is -0.497 e. The average Bonchev–Trinajstić information content (AvgIpc) is 3.46. The van der Waals surface area contributed by atoms with E-state index in [2.05, 4.69) is 43.9 Å². The van der Waals surface area contributed by atoms with Crippen LogP contribution in [0.25, 0.3) is 11.3 Å². The predicted octanol–water partition coefficient (Wildman–Crippen LogP) is 3.06. The summed E-state index contributed by atoms with van der Waals surface area (Å²) in [6.45, 7) is 5.33. The number of carbonyl (C=O) groups excluding carboxylic acids is 1. The predicted molar refractivity (Wildman–Crippen MR) is 121 cm³/mol. The smallest absolute Gasteiger partial charge is 0.273 e. The highest BCUT2D eigenvalue weighted by Gasteiger charge is 2.28. The molecule has 1 aliphatic carbocycles. The van der Waals surface area contributed by atoms with Crippen molar-refractivity contribution in [2.24, 2.45) is 0 Å². The zero-order valence-corrected chi connectivity index (χ0v) is 18.4. The Hall–Kier alpha value is -2.84. The molecule has 1 aromatic carbocycles. The summed E-state index contributed by atoms with van der Waals surface area (Å²) in [4.78, 5) is 18.8. The first-order chi connectivity index (χ1) is 15.2. The van der Waals surface area contributed by atoms with Crippen molar-refractivity contribution in [2.45, 2.75) is 12.8 Å². The molecule has 0 atom stereocenters. The van der Waals surface area contributed by atoms with Gasteiger partial charge in [-0.15, -0.1) is 11.3 Å². The standard InChI is InChI=1S/C23H26N4O3S/c1-29-17-4-2-16(3-5-17)27-13-11-26(12-14-27)10-9-24-23(28)21-19-6-7-20-18(8-15-31-20)22(19)30-25-21/h2-5,8,15H,6-7,9-14H2,1H3,(H,24,28). The van der Waals surface area contributed by atoms with Crippen molar-refractivity contribution < 1.29 is 14.1 Å². The molecule has 1 N–H and O–H groups in total. The number of aromatic nitrogens is 1. The number of rotatable bonds is 6. The minimum absolute atomic E-state index is 0.138. The molecule has 7 nitrogen and oxygen atoms in total. The highest BCUT2D eigenvalue weighted by molar-refractivity contribution is 7.10. The fraction of sp³-hybridized carbons (Fsp3) is 0.391. The number of nitrogens with one attached hydrogen (secondary N) is 1. The monoisotopic (exact) mass is 438 g/mol. The van der Waals surface area contributed by atoms with Gasteiger partial charge in [0.15, 0.2) is 11.5 Å². The summed E-state index contributed by atoms with van der Waals surface area (Å²) < 4.78 is 10.8. The van der Waals surface area contributed by atoms with Gasteiger partial charge in [-0.2, -0.15) is 0 Å². The second-order valence-corrected chi connectivity index (χ2v) is 8.88. The number of anilines is 1. The molecule has 1 aliphatic heterocycles. The maximum absolute atomic E-state index is 12.7. The Bertz CT molecular complexity index is 1050. The third kappa shape index (κ3) is 4.05. The number of piperazine rings is 1. The number of amides is 1. The van der Waals surface area contributed by atoms with E-state index in [1.165, 1.54) is 10.6 Å². The first-order valence-corrected chi connectivity index (χ1v) is 11.6. The summed E-state index contributed by atoms with van der Waals surface area (Å²) in [5, 5.41) is 9.18. The third-order valence-corrected chi connectivity index (χ3v) is 7.10. The lowest BCUT2D eigenvalue weighted by atomic mass is 9.95. The van der Waals surface area contributed by atoms with Gasteiger partial charge in [-0.05, 0) is 48.6 Å². The number of hydrogen-bond acceptors (Lipinski definition) is 7. The van der Waals surface area contributed by atoms with E-state index in [0.29, 0.717) is 12.2 Å². The molecule has 0 unspecified atom stereocenters. The molecule has 3 aromatic rings. The lowest BCUT2D eigenvalue weighted by molar-refractivity contribution is 0.0938. The molecular weight excluding hydrogens is 412 g/mol. The Morgan fingerprint density at radius 2 is 1.97 bits per heavy atom. The van der Waals surface area contributed by atoms with Gasteiger partial charge in [0.2, 0.25) is 0 Å². The van der Waals surface area contributed by atoms with Crippen LogP contribution in [0.15, 0.2) is 40.2 Å². The van der Waals surface area contributed by atoms with Crippen LogP contribution < -0.4 is 15.0 Å². The molecule has 3 heterocycles. The maximum Gasteiger partial charge on any atom is 0.273 e. The molecule has 162 valence electrons. The number of benzene rings is 1. The maximum atomic E-state index is 12.7. The fourth-order valence-corrected chi connectivity index (χ4v) is 5.22. The normalized spacial score (nSPS) is 16.0. The number of fused-ring (bicyclic) bond motifs is 3. The van der Waals surface area contributed by atoms with Gasteiger partial charge in [0.1, 0.15) is 5.75 Å². The largest absolute Gasteiger partial charge is 0.497 e. The Morgan fingerprint density at radius 1 is 1.16 bits per heavy atom. The van der Waals surface area contributed by atoms with E-state index in [9.17, 15) is 4.79 Å². The van der Waals surface area contributed by atoms with Crippen molar-refractivity contribution in [3.05, 3.63) is 51.8 Å². The molecular formula is C23H26N4O3S. The Balaban J connectivity index is 1.10. The van der Waals surface area contributed by atoms with Crippen LogP contribution in [-0.2, 0) is 12.8 Å². The summed E-state index contributed by atoms with van der Waals surface area (Å²) in [5.41, 5.74) is 3.69. The van der Waals surface area contributed by atoms with Gasteiger partial charge in [-0.1, -0.05) is 5.16 Å². The first-order valence-electron chi connectivity index (χ1n) is 10.7. The van der Waals surface area contributed by atoms with Gasteiger partial charge in [0, 0.05) is 61.0 Å². The summed E-state index contributed by atoms with van der Waals surface area (Å²) in [5.74, 6) is 1.50. The van der Waals surface area contributed by atoms with Crippen molar-refractivity contribution >= 4 is 22.9 Å². The SMILES string of the molecule is COc1ccc(N2CCN(CCNC(=O)c3noc4c3CCc3sccc3-4)CC2)cc1. The lowest BCUT2D eigenvalue weighted by Crippen LogP contribution is -2.48. The van der Waals surface area contributed by atoms with Gasteiger partial charge in [-0.25, -0.2) is 0 Å². The summed E-state index contributed by atoms with van der Waals surface area (Å²) in [7, 11) is 1.68. The van der Waals surface area contributed by atoms with Crippen molar-refractivity contribution in [2.75, 3.05) is 51.3 Å². The van der Waals surface area contributed by atoms with Crippen LogP contribution >= 0.6 is 11.3 Å². The number of nitrogens with zero attached hydrogens (tertiary/aromatic N) is 3. The van der Waals surface area contributed by atoms with Crippen LogP contribution in [-0.4, -0.2) is 62.3 Å². The number of methoxy groups -OCH3 is 1. The zero-order valence-electron chi connectivity index (χ0n) is 17.6. The number of aryl methyl sites for hydroxylation is 1. The van der Waals surface area contributed by atoms with Gasteiger partial charge in [-0.3, -0.25) is 9.69 Å². The molecule has 2 aliphatic rings. The highest BCUT2D eigenvalue weighted by atomic mass is 32.1. The second-order valence-electron chi connectivity index (χ2n) is 7.88. The number of hydrogen-bond donors (Lipinski definition) is 1. The molecule has 1 saturated heterocycles. The number of thiophene rings is 1. The molecule has 1 fully saturated rings. The zero-order chi connectivity index (χ0) is 21.2. The Labute approximate surface area is 185 Å². The second kappa shape index (κ2) is 8.72. The van der Waals surface area contributed by atoms with Crippen LogP contribution in [0.2, 0.25) is 0 Å².